The molecule has 0 aliphatic heterocycles. The van der Waals surface area contributed by atoms with Crippen molar-refractivity contribution < 1.29 is 19.1 Å². The summed E-state index contributed by atoms with van der Waals surface area (Å²) in [5.41, 5.74) is 0.615. The minimum Gasteiger partial charge on any atom is -0.482 e. The number of nitrogens with one attached hydrogen (secondary N) is 1. The second-order valence-electron chi connectivity index (χ2n) is 4.29. The summed E-state index contributed by atoms with van der Waals surface area (Å²) in [7, 11) is 0. The van der Waals surface area contributed by atoms with Gasteiger partial charge in [0.1, 0.15) is 5.75 Å². The van der Waals surface area contributed by atoms with Crippen LogP contribution in [0.2, 0.25) is 0 Å². The molecule has 0 saturated carbocycles. The summed E-state index contributed by atoms with van der Waals surface area (Å²) in [5.74, 6) is -0.455. The molecule has 1 amide bonds. The first-order valence-corrected chi connectivity index (χ1v) is 7.32. The fraction of sp³-hybridized carbons (Fsp3) is 0.125. The number of rotatable bonds is 6. The van der Waals surface area contributed by atoms with Gasteiger partial charge in [-0.2, -0.15) is 0 Å². The van der Waals surface area contributed by atoms with Gasteiger partial charge in [0.2, 0.25) is 0 Å². The normalized spacial score (nSPS) is 9.86. The van der Waals surface area contributed by atoms with Gasteiger partial charge in [-0.3, -0.25) is 4.79 Å². The van der Waals surface area contributed by atoms with E-state index in [-0.39, 0.29) is 13.2 Å². The van der Waals surface area contributed by atoms with E-state index in [1.807, 2.05) is 12.1 Å². The Morgan fingerprint density at radius 2 is 1.64 bits per heavy atom. The van der Waals surface area contributed by atoms with Crippen molar-refractivity contribution in [3.8, 4) is 5.75 Å². The molecule has 0 radical (unpaired) electrons. The van der Waals surface area contributed by atoms with Gasteiger partial charge in [0.05, 0.1) is 5.69 Å². The van der Waals surface area contributed by atoms with Gasteiger partial charge in [0.25, 0.3) is 5.91 Å². The van der Waals surface area contributed by atoms with Crippen LogP contribution in [-0.2, 0) is 14.3 Å². The highest BCUT2D eigenvalue weighted by atomic mass is 79.9. The maximum Gasteiger partial charge on any atom is 0.344 e. The van der Waals surface area contributed by atoms with Crippen LogP contribution in [0.1, 0.15) is 0 Å². The molecule has 0 heterocycles. The minimum atomic E-state index is -0.605. The van der Waals surface area contributed by atoms with E-state index in [4.69, 9.17) is 9.47 Å². The fourth-order valence-electron chi connectivity index (χ4n) is 1.60. The maximum absolute atomic E-state index is 11.7. The topological polar surface area (TPSA) is 64.6 Å². The number of hydrogen-bond acceptors (Lipinski definition) is 4. The molecule has 0 fully saturated rings. The number of amides is 1. The lowest BCUT2D eigenvalue weighted by atomic mass is 10.3. The highest BCUT2D eigenvalue weighted by Gasteiger charge is 2.09. The molecule has 0 saturated heterocycles. The van der Waals surface area contributed by atoms with Crippen LogP contribution in [0.15, 0.2) is 59.1 Å². The van der Waals surface area contributed by atoms with Crippen LogP contribution in [0.5, 0.6) is 5.75 Å². The summed E-state index contributed by atoms with van der Waals surface area (Å²) in [6, 6.07) is 16.1. The zero-order chi connectivity index (χ0) is 15.8. The number of benzene rings is 2. The summed E-state index contributed by atoms with van der Waals surface area (Å²) in [4.78, 5) is 23.2. The summed E-state index contributed by atoms with van der Waals surface area (Å²) in [6.45, 7) is -0.607. The molecule has 2 rings (SSSR count). The van der Waals surface area contributed by atoms with E-state index in [1.54, 1.807) is 42.5 Å². The van der Waals surface area contributed by atoms with Gasteiger partial charge in [-0.1, -0.05) is 30.3 Å². The average Bonchev–Trinajstić information content (AvgIpc) is 2.54. The third-order valence-corrected chi connectivity index (χ3v) is 3.30. The first-order valence-electron chi connectivity index (χ1n) is 6.53. The van der Waals surface area contributed by atoms with Crippen LogP contribution in [0.3, 0.4) is 0 Å². The predicted molar refractivity (Wildman–Crippen MR) is 85.7 cm³/mol. The molecular weight excluding hydrogens is 350 g/mol. The van der Waals surface area contributed by atoms with Gasteiger partial charge in [-0.15, -0.1) is 0 Å². The van der Waals surface area contributed by atoms with Crippen molar-refractivity contribution in [2.75, 3.05) is 18.5 Å². The zero-order valence-corrected chi connectivity index (χ0v) is 13.2. The van der Waals surface area contributed by atoms with Crippen LogP contribution in [0, 0.1) is 0 Å². The fourth-order valence-corrected chi connectivity index (χ4v) is 1.98. The molecule has 6 heteroatoms. The third-order valence-electron chi connectivity index (χ3n) is 2.61. The zero-order valence-electron chi connectivity index (χ0n) is 11.6. The van der Waals surface area contributed by atoms with E-state index in [2.05, 4.69) is 21.2 Å². The predicted octanol–water partition coefficient (Wildman–Crippen LogP) is 3.01. The molecule has 22 heavy (non-hydrogen) atoms. The van der Waals surface area contributed by atoms with Gasteiger partial charge in [0.15, 0.2) is 13.2 Å². The van der Waals surface area contributed by atoms with Gasteiger partial charge in [-0.05, 0) is 40.2 Å². The molecule has 2 aromatic rings. The Kier molecular flexibility index (Phi) is 5.97. The van der Waals surface area contributed by atoms with Crippen molar-refractivity contribution in [2.45, 2.75) is 0 Å². The molecule has 0 bridgehead atoms. The number of halogens is 1. The maximum atomic E-state index is 11.7. The average molecular weight is 364 g/mol. The second kappa shape index (κ2) is 8.19. The monoisotopic (exact) mass is 363 g/mol. The smallest absolute Gasteiger partial charge is 0.344 e. The van der Waals surface area contributed by atoms with Crippen molar-refractivity contribution in [3.63, 3.8) is 0 Å². The number of carbonyl (C=O) groups excluding carboxylic acids is 2. The van der Waals surface area contributed by atoms with Crippen molar-refractivity contribution in [1.29, 1.82) is 0 Å². The summed E-state index contributed by atoms with van der Waals surface area (Å²) in [5, 5.41) is 2.64. The molecule has 114 valence electrons. The van der Waals surface area contributed by atoms with Crippen molar-refractivity contribution >= 4 is 33.5 Å². The molecule has 0 spiro atoms. The number of hydrogen-bond donors (Lipinski definition) is 1. The van der Waals surface area contributed by atoms with E-state index in [1.165, 1.54) is 0 Å². The van der Waals surface area contributed by atoms with Gasteiger partial charge < -0.3 is 14.8 Å². The SMILES string of the molecule is O=C(COC(=O)COc1ccccc1)Nc1ccccc1Br. The lowest BCUT2D eigenvalue weighted by Crippen LogP contribution is -2.23. The van der Waals surface area contributed by atoms with Crippen LogP contribution in [-0.4, -0.2) is 25.1 Å². The molecule has 0 atom stereocenters. The summed E-state index contributed by atoms with van der Waals surface area (Å²) >= 11 is 3.31. The molecule has 0 aromatic heterocycles. The van der Waals surface area contributed by atoms with Crippen LogP contribution < -0.4 is 10.1 Å². The second-order valence-corrected chi connectivity index (χ2v) is 5.14. The molecule has 0 unspecified atom stereocenters. The highest BCUT2D eigenvalue weighted by molar-refractivity contribution is 9.10. The van der Waals surface area contributed by atoms with Crippen LogP contribution in [0.4, 0.5) is 5.69 Å². The van der Waals surface area contributed by atoms with Crippen LogP contribution in [0.25, 0.3) is 0 Å². The number of ether oxygens (including phenoxy) is 2. The summed E-state index contributed by atoms with van der Waals surface area (Å²) in [6.07, 6.45) is 0. The van der Waals surface area contributed by atoms with E-state index in [9.17, 15) is 9.59 Å². The molecular formula is C16H14BrNO4. The lowest BCUT2D eigenvalue weighted by Gasteiger charge is -2.08. The Bertz CT molecular complexity index is 646. The largest absolute Gasteiger partial charge is 0.482 e. The first kappa shape index (κ1) is 16.0. The highest BCUT2D eigenvalue weighted by Crippen LogP contribution is 2.20. The third kappa shape index (κ3) is 5.21. The van der Waals surface area contributed by atoms with Gasteiger partial charge >= 0.3 is 5.97 Å². The Morgan fingerprint density at radius 3 is 2.36 bits per heavy atom. The quantitative estimate of drug-likeness (QED) is 0.801. The van der Waals surface area contributed by atoms with Gasteiger partial charge in [0, 0.05) is 4.47 Å². The minimum absolute atomic E-state index is 0.244. The molecule has 0 aliphatic carbocycles. The van der Waals surface area contributed by atoms with Crippen molar-refractivity contribution in [1.82, 2.24) is 0 Å². The number of esters is 1. The standard InChI is InChI=1S/C16H14BrNO4/c17-13-8-4-5-9-14(13)18-15(19)10-22-16(20)11-21-12-6-2-1-3-7-12/h1-9H,10-11H2,(H,18,19). The van der Waals surface area contributed by atoms with E-state index < -0.39 is 11.9 Å². The Labute approximate surface area is 136 Å². The van der Waals surface area contributed by atoms with Crippen molar-refractivity contribution in [2.24, 2.45) is 0 Å². The Hall–Kier alpha value is -2.34. The molecule has 5 nitrogen and oxygen atoms in total. The Balaban J connectivity index is 1.72. The Morgan fingerprint density at radius 1 is 0.955 bits per heavy atom. The van der Waals surface area contributed by atoms with Crippen molar-refractivity contribution in [3.05, 3.63) is 59.1 Å². The van der Waals surface area contributed by atoms with E-state index >= 15 is 0 Å². The van der Waals surface area contributed by atoms with E-state index in [0.29, 0.717) is 11.4 Å². The van der Waals surface area contributed by atoms with Crippen LogP contribution >= 0.6 is 15.9 Å². The molecule has 2 aromatic carbocycles. The summed E-state index contributed by atoms with van der Waals surface area (Å²) < 4.78 is 10.8. The first-order chi connectivity index (χ1) is 10.6. The molecule has 0 aliphatic rings. The number of carbonyl (C=O) groups is 2. The number of para-hydroxylation sites is 2. The lowest BCUT2D eigenvalue weighted by molar-refractivity contribution is -0.149. The van der Waals surface area contributed by atoms with Gasteiger partial charge in [-0.25, -0.2) is 4.79 Å². The number of anilines is 1. The van der Waals surface area contributed by atoms with E-state index in [0.717, 1.165) is 4.47 Å². The molecule has 1 N–H and O–H groups in total.